The molecule has 32 heavy (non-hydrogen) atoms. The van der Waals surface area contributed by atoms with Crippen molar-refractivity contribution >= 4 is 0 Å². The van der Waals surface area contributed by atoms with Gasteiger partial charge in [-0.3, -0.25) is 14.9 Å². The minimum atomic E-state index is -0.817. The van der Waals surface area contributed by atoms with Gasteiger partial charge in [0, 0.05) is 36.7 Å². The molecular formula is C27H30N4O. The van der Waals surface area contributed by atoms with Crippen molar-refractivity contribution in [1.82, 2.24) is 14.9 Å². The van der Waals surface area contributed by atoms with E-state index in [4.69, 9.17) is 5.26 Å². The van der Waals surface area contributed by atoms with Crippen molar-refractivity contribution in [1.29, 1.82) is 5.26 Å². The molecule has 5 nitrogen and oxygen atoms in total. The number of likely N-dealkylation sites (tertiary alicyclic amines) is 1. The van der Waals surface area contributed by atoms with Crippen LogP contribution in [0.5, 0.6) is 0 Å². The fraction of sp³-hybridized carbons (Fsp3) is 0.370. The van der Waals surface area contributed by atoms with Crippen molar-refractivity contribution in [3.05, 3.63) is 95.6 Å². The summed E-state index contributed by atoms with van der Waals surface area (Å²) in [5.74, 6) is 0. The summed E-state index contributed by atoms with van der Waals surface area (Å²) in [6.07, 6.45) is 10.1. The molecule has 0 unspecified atom stereocenters. The average molecular weight is 427 g/mol. The van der Waals surface area contributed by atoms with Crippen LogP contribution in [-0.4, -0.2) is 38.7 Å². The van der Waals surface area contributed by atoms with E-state index in [0.29, 0.717) is 5.56 Å². The molecule has 1 aliphatic rings. The fourth-order valence-corrected chi connectivity index (χ4v) is 4.95. The molecule has 1 aromatic carbocycles. The lowest BCUT2D eigenvalue weighted by molar-refractivity contribution is -0.0559. The minimum Gasteiger partial charge on any atom is -0.390 e. The standard InChI is InChI=1S/C27H30N4O/c1-26(2,32)27(12-11-21-7-9-22(17-28)10-8-21)13-16-31(20-27)25(23-5-3-14-29-18-23)24-6-4-15-30-19-24/h3-10,14-15,18-19,25,32H,11-13,16,20H2,1-2H3/t27-/m0/s1. The van der Waals surface area contributed by atoms with Gasteiger partial charge < -0.3 is 5.11 Å². The normalized spacial score (nSPS) is 19.2. The van der Waals surface area contributed by atoms with Crippen LogP contribution in [0.15, 0.2) is 73.3 Å². The summed E-state index contributed by atoms with van der Waals surface area (Å²) in [7, 11) is 0. The Morgan fingerprint density at radius 2 is 1.69 bits per heavy atom. The summed E-state index contributed by atoms with van der Waals surface area (Å²) in [5.41, 5.74) is 3.10. The van der Waals surface area contributed by atoms with E-state index < -0.39 is 5.60 Å². The van der Waals surface area contributed by atoms with Gasteiger partial charge in [0.15, 0.2) is 0 Å². The molecule has 3 aromatic rings. The Balaban J connectivity index is 1.60. The molecule has 1 N–H and O–H groups in total. The first kappa shape index (κ1) is 22.1. The van der Waals surface area contributed by atoms with E-state index in [1.165, 1.54) is 5.56 Å². The Bertz CT molecular complexity index is 1020. The number of hydrogen-bond acceptors (Lipinski definition) is 5. The van der Waals surface area contributed by atoms with Crippen molar-refractivity contribution < 1.29 is 5.11 Å². The quantitative estimate of drug-likeness (QED) is 0.601. The second-order valence-corrected chi connectivity index (χ2v) is 9.34. The van der Waals surface area contributed by atoms with Crippen molar-refractivity contribution in [2.75, 3.05) is 13.1 Å². The number of aryl methyl sites for hydroxylation is 1. The number of hydrogen-bond donors (Lipinski definition) is 1. The van der Waals surface area contributed by atoms with Crippen LogP contribution in [0.1, 0.15) is 55.0 Å². The molecule has 1 fully saturated rings. The summed E-state index contributed by atoms with van der Waals surface area (Å²) in [6, 6.07) is 18.2. The van der Waals surface area contributed by atoms with Crippen molar-refractivity contribution in [2.24, 2.45) is 5.41 Å². The monoisotopic (exact) mass is 426 g/mol. The smallest absolute Gasteiger partial charge is 0.0991 e. The highest BCUT2D eigenvalue weighted by atomic mass is 16.3. The molecule has 1 atom stereocenters. The highest BCUT2D eigenvalue weighted by Gasteiger charge is 2.49. The third kappa shape index (κ3) is 4.57. The number of benzene rings is 1. The molecule has 0 aliphatic carbocycles. The van der Waals surface area contributed by atoms with Gasteiger partial charge >= 0.3 is 0 Å². The van der Waals surface area contributed by atoms with E-state index in [9.17, 15) is 5.11 Å². The third-order valence-corrected chi connectivity index (χ3v) is 7.02. The summed E-state index contributed by atoms with van der Waals surface area (Å²) < 4.78 is 0. The minimum absolute atomic E-state index is 0.0523. The summed E-state index contributed by atoms with van der Waals surface area (Å²) >= 11 is 0. The van der Waals surface area contributed by atoms with Gasteiger partial charge in [0.05, 0.1) is 23.3 Å². The molecule has 4 rings (SSSR count). The van der Waals surface area contributed by atoms with E-state index in [1.807, 2.05) is 62.6 Å². The topological polar surface area (TPSA) is 73.0 Å². The molecule has 0 spiro atoms. The van der Waals surface area contributed by atoms with E-state index in [1.54, 1.807) is 12.4 Å². The predicted octanol–water partition coefficient (Wildman–Crippen LogP) is 4.53. The zero-order valence-corrected chi connectivity index (χ0v) is 18.8. The van der Waals surface area contributed by atoms with Crippen molar-refractivity contribution in [2.45, 2.75) is 44.8 Å². The maximum absolute atomic E-state index is 11.3. The molecule has 0 bridgehead atoms. The lowest BCUT2D eigenvalue weighted by Gasteiger charge is -2.41. The van der Waals surface area contributed by atoms with E-state index >= 15 is 0 Å². The molecule has 0 saturated carbocycles. The van der Waals surface area contributed by atoms with Gasteiger partial charge in [-0.15, -0.1) is 0 Å². The van der Waals surface area contributed by atoms with E-state index in [2.05, 4.69) is 33.1 Å². The number of nitriles is 1. The molecule has 164 valence electrons. The molecule has 5 heteroatoms. The molecule has 3 heterocycles. The van der Waals surface area contributed by atoms with Gasteiger partial charge in [-0.05, 0) is 80.6 Å². The molecular weight excluding hydrogens is 396 g/mol. The van der Waals surface area contributed by atoms with Crippen LogP contribution in [-0.2, 0) is 6.42 Å². The lowest BCUT2D eigenvalue weighted by Crippen LogP contribution is -2.46. The highest BCUT2D eigenvalue weighted by molar-refractivity contribution is 5.32. The number of aliphatic hydroxyl groups is 1. The summed E-state index contributed by atoms with van der Waals surface area (Å²) in [6.45, 7) is 5.57. The number of pyridine rings is 2. The van der Waals surface area contributed by atoms with E-state index in [0.717, 1.165) is 43.5 Å². The summed E-state index contributed by atoms with van der Waals surface area (Å²) in [4.78, 5) is 11.2. The SMILES string of the molecule is CC(C)(O)[C@@]1(CCc2ccc(C#N)cc2)CCN(C(c2cccnc2)c2cccnc2)C1. The zero-order valence-electron chi connectivity index (χ0n) is 18.8. The Morgan fingerprint density at radius 1 is 1.06 bits per heavy atom. The first-order valence-corrected chi connectivity index (χ1v) is 11.2. The van der Waals surface area contributed by atoms with Crippen LogP contribution in [0.25, 0.3) is 0 Å². The Kier molecular flexibility index (Phi) is 6.36. The second kappa shape index (κ2) is 9.20. The van der Waals surface area contributed by atoms with Crippen LogP contribution in [0.3, 0.4) is 0 Å². The largest absolute Gasteiger partial charge is 0.390 e. The van der Waals surface area contributed by atoms with Crippen molar-refractivity contribution in [3.8, 4) is 6.07 Å². The first-order chi connectivity index (χ1) is 15.4. The number of rotatable bonds is 7. The molecule has 0 amide bonds. The zero-order chi connectivity index (χ0) is 22.6. The van der Waals surface area contributed by atoms with Gasteiger partial charge in [0.1, 0.15) is 0 Å². The fourth-order valence-electron chi connectivity index (χ4n) is 4.95. The third-order valence-electron chi connectivity index (χ3n) is 7.02. The van der Waals surface area contributed by atoms with Crippen molar-refractivity contribution in [3.63, 3.8) is 0 Å². The molecule has 1 aliphatic heterocycles. The lowest BCUT2D eigenvalue weighted by atomic mass is 9.69. The van der Waals surface area contributed by atoms with Crippen LogP contribution in [0.2, 0.25) is 0 Å². The molecule has 2 aromatic heterocycles. The summed E-state index contributed by atoms with van der Waals surface area (Å²) in [5, 5.41) is 20.3. The van der Waals surface area contributed by atoms with E-state index in [-0.39, 0.29) is 11.5 Å². The Hall–Kier alpha value is -3.07. The van der Waals surface area contributed by atoms with Crippen LogP contribution < -0.4 is 0 Å². The maximum Gasteiger partial charge on any atom is 0.0991 e. The predicted molar refractivity (Wildman–Crippen MR) is 125 cm³/mol. The van der Waals surface area contributed by atoms with Gasteiger partial charge in [0.2, 0.25) is 0 Å². The van der Waals surface area contributed by atoms with Crippen LogP contribution >= 0.6 is 0 Å². The second-order valence-electron chi connectivity index (χ2n) is 9.34. The number of aromatic nitrogens is 2. The Labute approximate surface area is 190 Å². The molecule has 0 radical (unpaired) electrons. The molecule has 1 saturated heterocycles. The van der Waals surface area contributed by atoms with Gasteiger partial charge in [-0.25, -0.2) is 0 Å². The Morgan fingerprint density at radius 3 is 2.19 bits per heavy atom. The van der Waals surface area contributed by atoms with Gasteiger partial charge in [-0.2, -0.15) is 5.26 Å². The highest BCUT2D eigenvalue weighted by Crippen LogP contribution is 2.47. The maximum atomic E-state index is 11.3. The van der Waals surface area contributed by atoms with Gasteiger partial charge in [0.25, 0.3) is 0 Å². The number of nitrogens with zero attached hydrogens (tertiary/aromatic N) is 4. The van der Waals surface area contributed by atoms with Gasteiger partial charge in [-0.1, -0.05) is 24.3 Å². The van der Waals surface area contributed by atoms with Crippen LogP contribution in [0, 0.1) is 16.7 Å². The van der Waals surface area contributed by atoms with Crippen LogP contribution in [0.4, 0.5) is 0 Å². The first-order valence-electron chi connectivity index (χ1n) is 11.2. The average Bonchev–Trinajstić information content (AvgIpc) is 3.25.